The molecule has 1 aromatic heterocycles. The molecule has 2 heteroatoms. The molecule has 2 aliphatic rings. The van der Waals surface area contributed by atoms with Gasteiger partial charge in [0.05, 0.1) is 5.69 Å². The largest absolute Gasteiger partial charge is 0.233 e. The van der Waals surface area contributed by atoms with Crippen LogP contribution in [0.4, 0.5) is 0 Å². The van der Waals surface area contributed by atoms with Gasteiger partial charge in [0.2, 0.25) is 0 Å². The van der Waals surface area contributed by atoms with E-state index in [4.69, 9.17) is 4.98 Å². The second-order valence-electron chi connectivity index (χ2n) is 6.02. The first-order valence-corrected chi connectivity index (χ1v) is 8.58. The fourth-order valence-corrected chi connectivity index (χ4v) is 3.05. The molecule has 2 atom stereocenters. The van der Waals surface area contributed by atoms with E-state index in [1.54, 1.807) is 0 Å². The fourth-order valence-electron chi connectivity index (χ4n) is 3.05. The van der Waals surface area contributed by atoms with Crippen molar-refractivity contribution in [3.63, 3.8) is 0 Å². The first-order chi connectivity index (χ1) is 11.3. The van der Waals surface area contributed by atoms with Crippen LogP contribution in [0.3, 0.4) is 0 Å². The number of allylic oxidation sites excluding steroid dienone is 4. The summed E-state index contributed by atoms with van der Waals surface area (Å²) in [5, 5.41) is 0. The zero-order chi connectivity index (χ0) is 16.2. The van der Waals surface area contributed by atoms with Gasteiger partial charge in [-0.05, 0) is 43.2 Å². The second kappa shape index (κ2) is 6.91. The normalized spacial score (nSPS) is 21.4. The molecule has 118 valence electrons. The number of hydrogen-bond donors (Lipinski definition) is 0. The highest BCUT2D eigenvalue weighted by molar-refractivity contribution is 5.68. The van der Waals surface area contributed by atoms with Crippen molar-refractivity contribution in [1.82, 2.24) is 9.97 Å². The third-order valence-electron chi connectivity index (χ3n) is 4.33. The van der Waals surface area contributed by atoms with E-state index in [-0.39, 0.29) is 0 Å². The first-order valence-electron chi connectivity index (χ1n) is 8.58. The number of nitrogens with zero attached hydrogens (tertiary/aromatic N) is 2. The lowest BCUT2D eigenvalue weighted by molar-refractivity contribution is 0.820. The van der Waals surface area contributed by atoms with Crippen LogP contribution in [0.15, 0.2) is 54.6 Å². The molecule has 2 aromatic rings. The summed E-state index contributed by atoms with van der Waals surface area (Å²) in [7, 11) is 0. The van der Waals surface area contributed by atoms with E-state index in [0.717, 1.165) is 41.0 Å². The molecule has 0 radical (unpaired) electrons. The minimum Gasteiger partial charge on any atom is -0.233 e. The Morgan fingerprint density at radius 3 is 2.61 bits per heavy atom. The molecule has 23 heavy (non-hydrogen) atoms. The van der Waals surface area contributed by atoms with Gasteiger partial charge in [-0.2, -0.15) is 0 Å². The molecule has 1 aromatic carbocycles. The lowest BCUT2D eigenvalue weighted by Gasteiger charge is -2.09. The summed E-state index contributed by atoms with van der Waals surface area (Å²) in [6.45, 7) is 6.05. The van der Waals surface area contributed by atoms with E-state index in [2.05, 4.69) is 41.4 Å². The van der Waals surface area contributed by atoms with Gasteiger partial charge in [0, 0.05) is 11.3 Å². The van der Waals surface area contributed by atoms with Gasteiger partial charge in [-0.1, -0.05) is 62.4 Å². The molecule has 2 unspecified atom stereocenters. The summed E-state index contributed by atoms with van der Waals surface area (Å²) in [6, 6.07) is 12.3. The van der Waals surface area contributed by atoms with Crippen molar-refractivity contribution in [1.29, 1.82) is 0 Å². The van der Waals surface area contributed by atoms with Gasteiger partial charge >= 0.3 is 0 Å². The molecule has 2 aliphatic carbocycles. The Morgan fingerprint density at radius 1 is 1.04 bits per heavy atom. The lowest BCUT2D eigenvalue weighted by Crippen LogP contribution is -1.98. The highest BCUT2D eigenvalue weighted by atomic mass is 14.9. The van der Waals surface area contributed by atoms with Gasteiger partial charge in [0.15, 0.2) is 5.82 Å². The summed E-state index contributed by atoms with van der Waals surface area (Å²) in [6.07, 6.45) is 9.24. The van der Waals surface area contributed by atoms with Gasteiger partial charge in [-0.15, -0.1) is 0 Å². The maximum Gasteiger partial charge on any atom is 0.159 e. The van der Waals surface area contributed by atoms with Gasteiger partial charge in [-0.3, -0.25) is 0 Å². The monoisotopic (exact) mass is 304 g/mol. The predicted molar refractivity (Wildman–Crippen MR) is 96.9 cm³/mol. The van der Waals surface area contributed by atoms with Crippen LogP contribution < -0.4 is 0 Å². The van der Waals surface area contributed by atoms with Crippen LogP contribution in [0.2, 0.25) is 0 Å². The van der Waals surface area contributed by atoms with Gasteiger partial charge in [-0.25, -0.2) is 9.97 Å². The number of rotatable bonds is 2. The van der Waals surface area contributed by atoms with E-state index >= 15 is 0 Å². The van der Waals surface area contributed by atoms with E-state index in [9.17, 15) is 0 Å². The van der Waals surface area contributed by atoms with Crippen molar-refractivity contribution in [3.05, 3.63) is 66.0 Å². The second-order valence-corrected chi connectivity index (χ2v) is 6.02. The minimum atomic E-state index is 0.801. The Bertz CT molecular complexity index is 729. The minimum absolute atomic E-state index is 0.801. The molecular weight excluding hydrogens is 280 g/mol. The summed E-state index contributed by atoms with van der Waals surface area (Å²) >= 11 is 0. The van der Waals surface area contributed by atoms with Gasteiger partial charge in [0.25, 0.3) is 0 Å². The Hall–Kier alpha value is -2.22. The van der Waals surface area contributed by atoms with Crippen molar-refractivity contribution in [2.45, 2.75) is 33.6 Å². The van der Waals surface area contributed by atoms with Crippen LogP contribution in [-0.2, 0) is 0 Å². The maximum absolute atomic E-state index is 4.81. The number of aryl methyl sites for hydroxylation is 1. The van der Waals surface area contributed by atoms with E-state index in [1.165, 1.54) is 12.0 Å². The number of benzene rings is 1. The third-order valence-corrected chi connectivity index (χ3v) is 4.33. The Morgan fingerprint density at radius 2 is 1.83 bits per heavy atom. The Labute approximate surface area is 139 Å². The summed E-state index contributed by atoms with van der Waals surface area (Å²) < 4.78 is 0. The predicted octanol–water partition coefficient (Wildman–Crippen LogP) is 5.46. The highest BCUT2D eigenvalue weighted by Gasteiger charge is 2.36. The molecule has 0 bridgehead atoms. The SMILES string of the molecule is CC.Cc1cc(C2=CC=CC3CC3C2)nc(-c2ccccc2)n1. The molecule has 4 rings (SSSR count). The number of fused-ring (bicyclic) bond motifs is 1. The quantitative estimate of drug-likeness (QED) is 0.736. The molecule has 1 saturated carbocycles. The van der Waals surface area contributed by atoms with Crippen molar-refractivity contribution < 1.29 is 0 Å². The molecule has 0 saturated heterocycles. The average molecular weight is 304 g/mol. The standard InChI is InChI=1S/C19H18N2.C2H6/c1-13-10-18(16-9-5-8-15-11-17(15)12-16)21-19(20-13)14-6-3-2-4-7-14;1-2/h2-10,15,17H,11-12H2,1H3;1-2H3. The summed E-state index contributed by atoms with van der Waals surface area (Å²) in [5.41, 5.74) is 4.54. The highest BCUT2D eigenvalue weighted by Crippen LogP contribution is 2.47. The smallest absolute Gasteiger partial charge is 0.159 e. The van der Waals surface area contributed by atoms with Crippen LogP contribution in [0.5, 0.6) is 0 Å². The molecule has 1 fully saturated rings. The van der Waals surface area contributed by atoms with Crippen LogP contribution in [0.25, 0.3) is 17.0 Å². The van der Waals surface area contributed by atoms with E-state index in [0.29, 0.717) is 0 Å². The summed E-state index contributed by atoms with van der Waals surface area (Å²) in [5.74, 6) is 2.45. The molecule has 2 nitrogen and oxygen atoms in total. The average Bonchev–Trinajstić information content (AvgIpc) is 3.35. The zero-order valence-electron chi connectivity index (χ0n) is 14.2. The maximum atomic E-state index is 4.81. The van der Waals surface area contributed by atoms with Gasteiger partial charge < -0.3 is 0 Å². The molecule has 0 spiro atoms. The zero-order valence-corrected chi connectivity index (χ0v) is 14.2. The number of aromatic nitrogens is 2. The van der Waals surface area contributed by atoms with Crippen LogP contribution >= 0.6 is 0 Å². The molecule has 1 heterocycles. The van der Waals surface area contributed by atoms with Crippen molar-refractivity contribution in [2.24, 2.45) is 11.8 Å². The molecule has 0 amide bonds. The van der Waals surface area contributed by atoms with E-state index in [1.807, 2.05) is 39.0 Å². The Balaban J connectivity index is 0.000000753. The van der Waals surface area contributed by atoms with Crippen LogP contribution in [0.1, 0.15) is 38.1 Å². The van der Waals surface area contributed by atoms with Crippen LogP contribution in [-0.4, -0.2) is 9.97 Å². The Kier molecular flexibility index (Phi) is 4.71. The topological polar surface area (TPSA) is 25.8 Å². The van der Waals surface area contributed by atoms with Crippen molar-refractivity contribution >= 4 is 5.57 Å². The molecule has 0 N–H and O–H groups in total. The molecule has 0 aliphatic heterocycles. The third kappa shape index (κ3) is 3.58. The lowest BCUT2D eigenvalue weighted by atomic mass is 10.0. The van der Waals surface area contributed by atoms with Crippen molar-refractivity contribution in [3.8, 4) is 11.4 Å². The van der Waals surface area contributed by atoms with Crippen molar-refractivity contribution in [2.75, 3.05) is 0 Å². The first kappa shape index (κ1) is 15.7. The van der Waals surface area contributed by atoms with Crippen LogP contribution in [0, 0.1) is 18.8 Å². The fraction of sp³-hybridized carbons (Fsp3) is 0.333. The summed E-state index contributed by atoms with van der Waals surface area (Å²) in [4.78, 5) is 9.40. The van der Waals surface area contributed by atoms with E-state index < -0.39 is 0 Å². The molecular formula is C21H24N2. The number of hydrogen-bond acceptors (Lipinski definition) is 2. The van der Waals surface area contributed by atoms with Gasteiger partial charge in [0.1, 0.15) is 0 Å².